The predicted octanol–water partition coefficient (Wildman–Crippen LogP) is 4.41. The number of nitrogens with zero attached hydrogens (tertiary/aromatic N) is 2. The summed E-state index contributed by atoms with van der Waals surface area (Å²) in [5, 5.41) is 16.9. The first kappa shape index (κ1) is 25.5. The first-order valence-corrected chi connectivity index (χ1v) is 12.5. The maximum Gasteiger partial charge on any atom is 0.329 e. The number of aliphatic hydroxyl groups is 1. The normalized spacial score (nSPS) is 24.6. The molecule has 7 nitrogen and oxygen atoms in total. The van der Waals surface area contributed by atoms with Gasteiger partial charge < -0.3 is 20.6 Å². The van der Waals surface area contributed by atoms with Crippen molar-refractivity contribution >= 4 is 39.2 Å². The molecule has 0 aromatic heterocycles. The number of carbonyl (C=O) groups excluding carboxylic acids is 2. The molecule has 1 fully saturated rings. The van der Waals surface area contributed by atoms with Crippen LogP contribution >= 0.6 is 15.9 Å². The Labute approximate surface area is 211 Å². The molecule has 2 heterocycles. The number of hydrogen-bond acceptors (Lipinski definition) is 4. The molecule has 3 N–H and O–H groups in total. The molecule has 0 aliphatic carbocycles. The van der Waals surface area contributed by atoms with Gasteiger partial charge in [0, 0.05) is 29.7 Å². The molecular weight excluding hydrogens is 522 g/mol. The molecule has 0 bridgehead atoms. The van der Waals surface area contributed by atoms with Gasteiger partial charge in [-0.25, -0.2) is 18.5 Å². The number of amides is 3. The van der Waals surface area contributed by atoms with Crippen molar-refractivity contribution in [3.05, 3.63) is 58.1 Å². The molecular formula is C25H29BrF2N4O3. The highest BCUT2D eigenvalue weighted by Gasteiger charge is 2.53. The fraction of sp³-hybridized carbons (Fsp3) is 0.440. The second kappa shape index (κ2) is 10.2. The first-order chi connectivity index (χ1) is 16.6. The number of urea groups is 1. The van der Waals surface area contributed by atoms with Gasteiger partial charge in [-0.15, -0.1) is 0 Å². The van der Waals surface area contributed by atoms with E-state index in [-0.39, 0.29) is 17.8 Å². The minimum atomic E-state index is -2.68. The van der Waals surface area contributed by atoms with Gasteiger partial charge in [0.15, 0.2) is 0 Å². The van der Waals surface area contributed by atoms with Crippen molar-refractivity contribution in [1.82, 2.24) is 10.2 Å². The summed E-state index contributed by atoms with van der Waals surface area (Å²) >= 11 is 3.30. The summed E-state index contributed by atoms with van der Waals surface area (Å²) < 4.78 is 30.0. The summed E-state index contributed by atoms with van der Waals surface area (Å²) in [6.07, 6.45) is 1.81. The number of halogens is 3. The van der Waals surface area contributed by atoms with Crippen molar-refractivity contribution in [3.8, 4) is 0 Å². The van der Waals surface area contributed by atoms with Gasteiger partial charge in [0.05, 0.1) is 5.69 Å². The number of fused-ring (bicyclic) bond motifs is 1. The van der Waals surface area contributed by atoms with Crippen LogP contribution in [0.25, 0.3) is 0 Å². The van der Waals surface area contributed by atoms with Gasteiger partial charge >= 0.3 is 6.03 Å². The molecule has 1 saturated heterocycles. The van der Waals surface area contributed by atoms with Crippen LogP contribution in [0.5, 0.6) is 0 Å². The lowest BCUT2D eigenvalue weighted by Gasteiger charge is -2.42. The minimum Gasteiger partial charge on any atom is -0.359 e. The third-order valence-corrected chi connectivity index (χ3v) is 6.98. The number of anilines is 2. The molecule has 2 aliphatic rings. The van der Waals surface area contributed by atoms with Gasteiger partial charge in [-0.3, -0.25) is 4.79 Å². The number of para-hydroxylation sites is 1. The van der Waals surface area contributed by atoms with Crippen LogP contribution in [0, 0.1) is 23.5 Å². The van der Waals surface area contributed by atoms with Crippen molar-refractivity contribution in [2.75, 3.05) is 36.4 Å². The minimum absolute atomic E-state index is 0.00897. The lowest BCUT2D eigenvalue weighted by Crippen LogP contribution is -2.63. The van der Waals surface area contributed by atoms with Crippen LogP contribution in [0.4, 0.5) is 25.0 Å². The van der Waals surface area contributed by atoms with E-state index < -0.39 is 35.0 Å². The monoisotopic (exact) mass is 550 g/mol. The van der Waals surface area contributed by atoms with Gasteiger partial charge in [-0.05, 0) is 61.6 Å². The second-order valence-corrected chi connectivity index (χ2v) is 10.4. The topological polar surface area (TPSA) is 84.9 Å². The predicted molar refractivity (Wildman–Crippen MR) is 133 cm³/mol. The van der Waals surface area contributed by atoms with Gasteiger partial charge in [-0.1, -0.05) is 35.8 Å². The first-order valence-electron chi connectivity index (χ1n) is 11.7. The van der Waals surface area contributed by atoms with E-state index in [1.807, 2.05) is 0 Å². The number of piperidine rings is 1. The molecule has 0 saturated carbocycles. The standard InChI is InChI=1S/C25H29BrF2N4O3/c1-15-11-16(2)14-31(13-15)10-4-9-29-23(33)25(35)18-12-17(26)7-8-21(18)30-24(34)32(25)22-19(27)5-3-6-20(22)28/h3,5-8,12,15-16,35H,4,9-11,13-14H2,1-2H3,(H,29,33)(H,30,34). The zero-order chi connectivity index (χ0) is 25.3. The molecule has 2 aromatic rings. The summed E-state index contributed by atoms with van der Waals surface area (Å²) in [5.41, 5.74) is -3.34. The number of benzene rings is 2. The molecule has 2 aromatic carbocycles. The van der Waals surface area contributed by atoms with Gasteiger partial charge in [-0.2, -0.15) is 0 Å². The molecule has 3 atom stereocenters. The Morgan fingerprint density at radius 2 is 1.86 bits per heavy atom. The molecule has 0 radical (unpaired) electrons. The van der Waals surface area contributed by atoms with Crippen LogP contribution in [0.2, 0.25) is 0 Å². The van der Waals surface area contributed by atoms with E-state index in [1.54, 1.807) is 6.07 Å². The molecule has 0 spiro atoms. The van der Waals surface area contributed by atoms with Gasteiger partial charge in [0.25, 0.3) is 11.6 Å². The van der Waals surface area contributed by atoms with Crippen molar-refractivity contribution in [3.63, 3.8) is 0 Å². The zero-order valence-corrected chi connectivity index (χ0v) is 21.2. The highest BCUT2D eigenvalue weighted by atomic mass is 79.9. The Balaban J connectivity index is 1.60. The van der Waals surface area contributed by atoms with Crippen molar-refractivity contribution in [2.24, 2.45) is 11.8 Å². The average molecular weight is 551 g/mol. The van der Waals surface area contributed by atoms with Gasteiger partial charge in [0.2, 0.25) is 0 Å². The number of hydrogen-bond donors (Lipinski definition) is 3. The van der Waals surface area contributed by atoms with E-state index in [0.717, 1.165) is 37.8 Å². The quantitative estimate of drug-likeness (QED) is 0.465. The van der Waals surface area contributed by atoms with Crippen molar-refractivity contribution in [1.29, 1.82) is 0 Å². The highest BCUT2D eigenvalue weighted by Crippen LogP contribution is 2.42. The van der Waals surface area contributed by atoms with Crippen LogP contribution < -0.4 is 15.5 Å². The fourth-order valence-corrected chi connectivity index (χ4v) is 5.51. The molecule has 3 amide bonds. The Bertz CT molecular complexity index is 1100. The van der Waals surface area contributed by atoms with E-state index in [4.69, 9.17) is 0 Å². The summed E-state index contributed by atoms with van der Waals surface area (Å²) in [6.45, 7) is 7.41. The Hall–Kier alpha value is -2.56. The summed E-state index contributed by atoms with van der Waals surface area (Å²) in [7, 11) is 0. The fourth-order valence-electron chi connectivity index (χ4n) is 5.14. The average Bonchev–Trinajstić information content (AvgIpc) is 2.78. The SMILES string of the molecule is CC1CC(C)CN(CCCNC(=O)C2(O)c3cc(Br)ccc3NC(=O)N2c2c(F)cccc2F)C1. The largest absolute Gasteiger partial charge is 0.359 e. The zero-order valence-electron chi connectivity index (χ0n) is 19.7. The number of rotatable bonds is 6. The van der Waals surface area contributed by atoms with Gasteiger partial charge in [0.1, 0.15) is 17.3 Å². The Morgan fingerprint density at radius 1 is 1.20 bits per heavy atom. The van der Waals surface area contributed by atoms with E-state index in [0.29, 0.717) is 27.6 Å². The van der Waals surface area contributed by atoms with E-state index in [9.17, 15) is 23.5 Å². The summed E-state index contributed by atoms with van der Waals surface area (Å²) in [4.78, 5) is 29.2. The maximum absolute atomic E-state index is 14.7. The Morgan fingerprint density at radius 3 is 2.51 bits per heavy atom. The van der Waals surface area contributed by atoms with Crippen LogP contribution in [-0.2, 0) is 10.5 Å². The number of nitrogens with one attached hydrogen (secondary N) is 2. The summed E-state index contributed by atoms with van der Waals surface area (Å²) in [6, 6.07) is 6.60. The third kappa shape index (κ3) is 5.05. The second-order valence-electron chi connectivity index (χ2n) is 9.51. The smallest absolute Gasteiger partial charge is 0.329 e. The van der Waals surface area contributed by atoms with Crippen LogP contribution in [0.15, 0.2) is 40.9 Å². The van der Waals surface area contributed by atoms with Crippen LogP contribution in [0.3, 0.4) is 0 Å². The van der Waals surface area contributed by atoms with Crippen LogP contribution in [-0.4, -0.2) is 48.1 Å². The highest BCUT2D eigenvalue weighted by molar-refractivity contribution is 9.10. The molecule has 188 valence electrons. The van der Waals surface area contributed by atoms with E-state index >= 15 is 0 Å². The summed E-state index contributed by atoms with van der Waals surface area (Å²) in [5.74, 6) is -1.91. The number of likely N-dealkylation sites (tertiary alicyclic amines) is 1. The molecule has 2 aliphatic heterocycles. The molecule has 4 rings (SSSR count). The number of carbonyl (C=O) groups is 2. The lowest BCUT2D eigenvalue weighted by molar-refractivity contribution is -0.140. The van der Waals surface area contributed by atoms with Crippen LogP contribution in [0.1, 0.15) is 32.3 Å². The molecule has 35 heavy (non-hydrogen) atoms. The van der Waals surface area contributed by atoms with E-state index in [2.05, 4.69) is 45.3 Å². The van der Waals surface area contributed by atoms with E-state index in [1.165, 1.54) is 18.6 Å². The van der Waals surface area contributed by atoms with Crippen molar-refractivity contribution in [2.45, 2.75) is 32.4 Å². The third-order valence-electron chi connectivity index (χ3n) is 6.48. The molecule has 10 heteroatoms. The van der Waals surface area contributed by atoms with Crippen molar-refractivity contribution < 1.29 is 23.5 Å². The molecule has 3 unspecified atom stereocenters. The Kier molecular flexibility index (Phi) is 7.44. The maximum atomic E-state index is 14.7. The lowest BCUT2D eigenvalue weighted by atomic mass is 9.92.